The lowest BCUT2D eigenvalue weighted by Crippen LogP contribution is -2.11. The monoisotopic (exact) mass is 241 g/mol. The first-order chi connectivity index (χ1) is 8.27. The number of nitrogens with zero attached hydrogens (tertiary/aromatic N) is 2. The van der Waals surface area contributed by atoms with E-state index in [0.29, 0.717) is 6.61 Å². The quantitative estimate of drug-likeness (QED) is 0.665. The summed E-state index contributed by atoms with van der Waals surface area (Å²) in [6.45, 7) is 5.14. The molecule has 0 radical (unpaired) electrons. The highest BCUT2D eigenvalue weighted by Crippen LogP contribution is 2.12. The molecule has 0 saturated carbocycles. The van der Waals surface area contributed by atoms with Gasteiger partial charge in [-0.15, -0.1) is 0 Å². The molecule has 0 aliphatic rings. The lowest BCUT2D eigenvalue weighted by Gasteiger charge is -2.06. The molecule has 0 aromatic carbocycles. The first-order valence-corrected chi connectivity index (χ1v) is 6.11. The van der Waals surface area contributed by atoms with Gasteiger partial charge in [-0.1, -0.05) is 6.92 Å². The van der Waals surface area contributed by atoms with Gasteiger partial charge in [0.25, 0.3) is 0 Å². The number of hydrogen-bond donors (Lipinski definition) is 1. The van der Waals surface area contributed by atoms with Gasteiger partial charge in [0, 0.05) is 40.1 Å². The number of aromatic nitrogens is 2. The highest BCUT2D eigenvalue weighted by atomic mass is 16.5. The fourth-order valence-corrected chi connectivity index (χ4v) is 1.61. The Morgan fingerprint density at radius 2 is 2.18 bits per heavy atom. The fraction of sp³-hybridized carbons (Fsp3) is 0.750. The molecule has 5 heteroatoms. The van der Waals surface area contributed by atoms with Gasteiger partial charge < -0.3 is 14.8 Å². The van der Waals surface area contributed by atoms with Crippen molar-refractivity contribution >= 4 is 5.69 Å². The average molecular weight is 241 g/mol. The van der Waals surface area contributed by atoms with E-state index >= 15 is 0 Å². The van der Waals surface area contributed by atoms with Crippen LogP contribution in [0.4, 0.5) is 5.69 Å². The summed E-state index contributed by atoms with van der Waals surface area (Å²) in [5, 5.41) is 7.70. The van der Waals surface area contributed by atoms with E-state index in [2.05, 4.69) is 17.3 Å². The van der Waals surface area contributed by atoms with E-state index in [9.17, 15) is 0 Å². The molecule has 98 valence electrons. The van der Waals surface area contributed by atoms with Crippen LogP contribution in [0, 0.1) is 0 Å². The molecule has 1 rings (SSSR count). The van der Waals surface area contributed by atoms with Gasteiger partial charge >= 0.3 is 0 Å². The first-order valence-electron chi connectivity index (χ1n) is 6.11. The van der Waals surface area contributed by atoms with E-state index in [1.807, 2.05) is 17.9 Å². The highest BCUT2D eigenvalue weighted by Gasteiger charge is 2.04. The second kappa shape index (κ2) is 8.08. The van der Waals surface area contributed by atoms with Crippen molar-refractivity contribution in [2.45, 2.75) is 19.8 Å². The molecule has 0 fully saturated rings. The molecule has 0 bridgehead atoms. The molecule has 0 unspecified atom stereocenters. The van der Waals surface area contributed by atoms with Crippen molar-refractivity contribution in [3.63, 3.8) is 0 Å². The molecule has 1 heterocycles. The normalized spacial score (nSPS) is 10.8. The summed E-state index contributed by atoms with van der Waals surface area (Å²) < 4.78 is 12.2. The van der Waals surface area contributed by atoms with Crippen molar-refractivity contribution in [2.75, 3.05) is 38.8 Å². The van der Waals surface area contributed by atoms with Crippen LogP contribution < -0.4 is 5.32 Å². The van der Waals surface area contributed by atoms with E-state index in [4.69, 9.17) is 9.47 Å². The number of aryl methyl sites for hydroxylation is 2. The topological polar surface area (TPSA) is 48.3 Å². The Labute approximate surface area is 103 Å². The van der Waals surface area contributed by atoms with E-state index in [1.54, 1.807) is 7.11 Å². The second-order valence-electron chi connectivity index (χ2n) is 3.90. The van der Waals surface area contributed by atoms with E-state index in [0.717, 1.165) is 44.0 Å². The number of ether oxygens (including phenoxy) is 2. The first kappa shape index (κ1) is 14.0. The van der Waals surface area contributed by atoms with Crippen molar-refractivity contribution in [1.82, 2.24) is 9.78 Å². The fourth-order valence-electron chi connectivity index (χ4n) is 1.61. The summed E-state index contributed by atoms with van der Waals surface area (Å²) in [4.78, 5) is 0. The van der Waals surface area contributed by atoms with Gasteiger partial charge in [0.1, 0.15) is 0 Å². The zero-order chi connectivity index (χ0) is 12.5. The maximum Gasteiger partial charge on any atom is 0.0853 e. The lowest BCUT2D eigenvalue weighted by atomic mass is 10.3. The number of rotatable bonds is 9. The summed E-state index contributed by atoms with van der Waals surface area (Å²) in [6, 6.07) is 0. The maximum absolute atomic E-state index is 5.47. The Balaban J connectivity index is 2.13. The number of nitrogens with one attached hydrogen (secondary N) is 1. The molecule has 17 heavy (non-hydrogen) atoms. The van der Waals surface area contributed by atoms with Gasteiger partial charge in [0.15, 0.2) is 0 Å². The average Bonchev–Trinajstić information content (AvgIpc) is 2.68. The molecular weight excluding hydrogens is 218 g/mol. The largest absolute Gasteiger partial charge is 0.385 e. The summed E-state index contributed by atoms with van der Waals surface area (Å²) in [5.41, 5.74) is 2.21. The number of hydrogen-bond acceptors (Lipinski definition) is 4. The van der Waals surface area contributed by atoms with Crippen molar-refractivity contribution in [3.05, 3.63) is 11.9 Å². The van der Waals surface area contributed by atoms with Crippen molar-refractivity contribution in [3.8, 4) is 0 Å². The van der Waals surface area contributed by atoms with Crippen LogP contribution >= 0.6 is 0 Å². The Morgan fingerprint density at radius 1 is 1.35 bits per heavy atom. The zero-order valence-corrected chi connectivity index (χ0v) is 11.0. The standard InChI is InChI=1S/C12H23N3O2/c1-4-11-12(10-15(2)14-11)13-6-9-17-8-5-7-16-3/h10,13H,4-9H2,1-3H3. The second-order valence-corrected chi connectivity index (χ2v) is 3.90. The molecule has 5 nitrogen and oxygen atoms in total. The van der Waals surface area contributed by atoms with Crippen molar-refractivity contribution < 1.29 is 9.47 Å². The third-order valence-electron chi connectivity index (χ3n) is 2.44. The molecule has 0 amide bonds. The Hall–Kier alpha value is -1.07. The van der Waals surface area contributed by atoms with Crippen molar-refractivity contribution in [2.24, 2.45) is 7.05 Å². The van der Waals surface area contributed by atoms with E-state index < -0.39 is 0 Å². The van der Waals surface area contributed by atoms with Gasteiger partial charge in [0.05, 0.1) is 18.0 Å². The predicted molar refractivity (Wildman–Crippen MR) is 68.4 cm³/mol. The molecule has 1 aromatic rings. The van der Waals surface area contributed by atoms with Gasteiger partial charge in [-0.05, 0) is 12.8 Å². The molecule has 0 aliphatic heterocycles. The summed E-state index contributed by atoms with van der Waals surface area (Å²) >= 11 is 0. The van der Waals surface area contributed by atoms with Crippen molar-refractivity contribution in [1.29, 1.82) is 0 Å². The number of anilines is 1. The van der Waals surface area contributed by atoms with E-state index in [1.165, 1.54) is 0 Å². The molecule has 1 aromatic heterocycles. The van der Waals surface area contributed by atoms with Crippen LogP contribution in [0.15, 0.2) is 6.20 Å². The van der Waals surface area contributed by atoms with Crippen LogP contribution in [0.25, 0.3) is 0 Å². The zero-order valence-electron chi connectivity index (χ0n) is 11.0. The Morgan fingerprint density at radius 3 is 2.88 bits per heavy atom. The van der Waals surface area contributed by atoms with Crippen LogP contribution in [0.2, 0.25) is 0 Å². The van der Waals surface area contributed by atoms with Crippen LogP contribution in [0.1, 0.15) is 19.0 Å². The van der Waals surface area contributed by atoms with Crippen LogP contribution in [0.3, 0.4) is 0 Å². The Bertz CT molecular complexity index is 313. The van der Waals surface area contributed by atoms with Crippen LogP contribution in [-0.4, -0.2) is 43.3 Å². The molecule has 0 spiro atoms. The molecule has 1 N–H and O–H groups in total. The van der Waals surface area contributed by atoms with Gasteiger partial charge in [-0.3, -0.25) is 4.68 Å². The van der Waals surface area contributed by atoms with Gasteiger partial charge in [0.2, 0.25) is 0 Å². The molecule has 0 saturated heterocycles. The molecule has 0 atom stereocenters. The third-order valence-corrected chi connectivity index (χ3v) is 2.44. The van der Waals surface area contributed by atoms with Gasteiger partial charge in [-0.2, -0.15) is 5.10 Å². The summed E-state index contributed by atoms with van der Waals surface area (Å²) in [6.07, 6.45) is 3.89. The van der Waals surface area contributed by atoms with E-state index in [-0.39, 0.29) is 0 Å². The summed E-state index contributed by atoms with van der Waals surface area (Å²) in [7, 11) is 3.64. The maximum atomic E-state index is 5.47. The predicted octanol–water partition coefficient (Wildman–Crippen LogP) is 1.45. The third kappa shape index (κ3) is 5.19. The minimum atomic E-state index is 0.710. The number of methoxy groups -OCH3 is 1. The SMILES string of the molecule is CCc1nn(C)cc1NCCOCCCOC. The minimum Gasteiger partial charge on any atom is -0.385 e. The van der Waals surface area contributed by atoms with Crippen LogP contribution in [0.5, 0.6) is 0 Å². The Kier molecular flexibility index (Phi) is 6.65. The molecular formula is C12H23N3O2. The molecule has 0 aliphatic carbocycles. The van der Waals surface area contributed by atoms with Crippen LogP contribution in [-0.2, 0) is 22.9 Å². The minimum absolute atomic E-state index is 0.710. The van der Waals surface area contributed by atoms with Gasteiger partial charge in [-0.25, -0.2) is 0 Å². The highest BCUT2D eigenvalue weighted by molar-refractivity contribution is 5.46. The smallest absolute Gasteiger partial charge is 0.0853 e. The lowest BCUT2D eigenvalue weighted by molar-refractivity contribution is 0.109. The summed E-state index contributed by atoms with van der Waals surface area (Å²) in [5.74, 6) is 0.